The van der Waals surface area contributed by atoms with Gasteiger partial charge < -0.3 is 20.1 Å². The van der Waals surface area contributed by atoms with Crippen molar-refractivity contribution in [1.82, 2.24) is 10.6 Å². The first-order chi connectivity index (χ1) is 14.3. The molecule has 0 aliphatic carbocycles. The average Bonchev–Trinajstić information content (AvgIpc) is 2.73. The molecule has 0 spiro atoms. The standard InChI is InChI=1S/C22H25FN2O5/c1-4-29-19-11-7-17(8-12-19)22(28)24-13-20(26)30-15(3)21(27)25-14(2)16-5-9-18(23)10-6-16/h5-12,14-15H,4,13H2,1-3H3,(H,24,28)(H,25,27)/t14-,15-/m0/s1. The number of hydrogen-bond acceptors (Lipinski definition) is 5. The van der Waals surface area contributed by atoms with Crippen molar-refractivity contribution < 1.29 is 28.2 Å². The molecule has 7 nitrogen and oxygen atoms in total. The highest BCUT2D eigenvalue weighted by molar-refractivity contribution is 5.96. The van der Waals surface area contributed by atoms with E-state index in [4.69, 9.17) is 9.47 Å². The zero-order valence-electron chi connectivity index (χ0n) is 17.1. The van der Waals surface area contributed by atoms with Gasteiger partial charge >= 0.3 is 5.97 Å². The molecule has 2 N–H and O–H groups in total. The summed E-state index contributed by atoms with van der Waals surface area (Å²) in [7, 11) is 0. The van der Waals surface area contributed by atoms with E-state index in [9.17, 15) is 18.8 Å². The van der Waals surface area contributed by atoms with Crippen LogP contribution in [0.4, 0.5) is 4.39 Å². The molecule has 0 bridgehead atoms. The second-order valence-electron chi connectivity index (χ2n) is 6.55. The lowest BCUT2D eigenvalue weighted by atomic mass is 10.1. The minimum absolute atomic E-state index is 0.366. The summed E-state index contributed by atoms with van der Waals surface area (Å²) in [5.74, 6) is -1.42. The molecule has 30 heavy (non-hydrogen) atoms. The van der Waals surface area contributed by atoms with Gasteiger partial charge in [-0.05, 0) is 62.7 Å². The SMILES string of the molecule is CCOc1ccc(C(=O)NCC(=O)O[C@@H](C)C(=O)N[C@@H](C)c2ccc(F)cc2)cc1. The number of hydrogen-bond donors (Lipinski definition) is 2. The van der Waals surface area contributed by atoms with Crippen LogP contribution >= 0.6 is 0 Å². The van der Waals surface area contributed by atoms with Gasteiger partial charge in [-0.1, -0.05) is 12.1 Å². The Morgan fingerprint density at radius 2 is 1.63 bits per heavy atom. The van der Waals surface area contributed by atoms with Gasteiger partial charge in [0.2, 0.25) is 0 Å². The molecule has 0 saturated heterocycles. The first-order valence-electron chi connectivity index (χ1n) is 9.56. The van der Waals surface area contributed by atoms with Crippen LogP contribution in [0.25, 0.3) is 0 Å². The normalized spacial score (nSPS) is 12.4. The summed E-state index contributed by atoms with van der Waals surface area (Å²) >= 11 is 0. The molecule has 0 aliphatic heterocycles. The van der Waals surface area contributed by atoms with Crippen LogP contribution in [0.5, 0.6) is 5.75 Å². The van der Waals surface area contributed by atoms with Crippen LogP contribution < -0.4 is 15.4 Å². The predicted octanol–water partition coefficient (Wildman–Crippen LogP) is 2.76. The van der Waals surface area contributed by atoms with Gasteiger partial charge in [0.05, 0.1) is 12.6 Å². The molecule has 0 unspecified atom stereocenters. The quantitative estimate of drug-likeness (QED) is 0.613. The maximum absolute atomic E-state index is 13.0. The monoisotopic (exact) mass is 416 g/mol. The van der Waals surface area contributed by atoms with Crippen molar-refractivity contribution in [1.29, 1.82) is 0 Å². The third-order valence-corrected chi connectivity index (χ3v) is 4.23. The summed E-state index contributed by atoms with van der Waals surface area (Å²) in [6, 6.07) is 11.8. The Morgan fingerprint density at radius 3 is 2.23 bits per heavy atom. The number of carbonyl (C=O) groups is 3. The molecule has 0 saturated carbocycles. The van der Waals surface area contributed by atoms with Crippen LogP contribution in [-0.4, -0.2) is 37.0 Å². The van der Waals surface area contributed by atoms with Crippen molar-refractivity contribution in [3.63, 3.8) is 0 Å². The van der Waals surface area contributed by atoms with E-state index < -0.39 is 29.9 Å². The second kappa shape index (κ2) is 10.9. The fraction of sp³-hybridized carbons (Fsp3) is 0.318. The van der Waals surface area contributed by atoms with E-state index >= 15 is 0 Å². The fourth-order valence-corrected chi connectivity index (χ4v) is 2.58. The number of ether oxygens (including phenoxy) is 2. The molecule has 2 atom stereocenters. The van der Waals surface area contributed by atoms with Crippen molar-refractivity contribution in [2.24, 2.45) is 0 Å². The van der Waals surface area contributed by atoms with Gasteiger partial charge in [-0.15, -0.1) is 0 Å². The number of nitrogens with one attached hydrogen (secondary N) is 2. The zero-order valence-corrected chi connectivity index (χ0v) is 17.1. The lowest BCUT2D eigenvalue weighted by molar-refractivity contribution is -0.154. The van der Waals surface area contributed by atoms with Crippen molar-refractivity contribution in [3.05, 3.63) is 65.5 Å². The second-order valence-corrected chi connectivity index (χ2v) is 6.55. The first-order valence-corrected chi connectivity index (χ1v) is 9.56. The summed E-state index contributed by atoms with van der Waals surface area (Å²) < 4.78 is 23.4. The minimum Gasteiger partial charge on any atom is -0.494 e. The summed E-state index contributed by atoms with van der Waals surface area (Å²) in [6.45, 7) is 5.16. The van der Waals surface area contributed by atoms with Gasteiger partial charge in [0.1, 0.15) is 18.1 Å². The Balaban J connectivity index is 1.78. The summed E-state index contributed by atoms with van der Waals surface area (Å²) in [6.07, 6.45) is -1.05. The molecule has 2 aromatic rings. The van der Waals surface area contributed by atoms with E-state index in [1.54, 1.807) is 43.3 Å². The van der Waals surface area contributed by atoms with E-state index in [2.05, 4.69) is 10.6 Å². The highest BCUT2D eigenvalue weighted by Crippen LogP contribution is 2.13. The van der Waals surface area contributed by atoms with E-state index in [1.807, 2.05) is 6.92 Å². The number of carbonyl (C=O) groups excluding carboxylic acids is 3. The van der Waals surface area contributed by atoms with Crippen LogP contribution in [0, 0.1) is 5.82 Å². The largest absolute Gasteiger partial charge is 0.494 e. The van der Waals surface area contributed by atoms with E-state index in [1.165, 1.54) is 19.1 Å². The molecule has 0 radical (unpaired) electrons. The van der Waals surface area contributed by atoms with Crippen molar-refractivity contribution in [3.8, 4) is 5.75 Å². The Hall–Kier alpha value is -3.42. The van der Waals surface area contributed by atoms with Crippen molar-refractivity contribution in [2.45, 2.75) is 32.9 Å². The molecule has 0 heterocycles. The van der Waals surface area contributed by atoms with Gasteiger partial charge in [0, 0.05) is 5.56 Å². The number of halogens is 1. The van der Waals surface area contributed by atoms with Crippen molar-refractivity contribution >= 4 is 17.8 Å². The van der Waals surface area contributed by atoms with Gasteiger partial charge in [-0.25, -0.2) is 4.39 Å². The molecule has 2 amide bonds. The summed E-state index contributed by atoms with van der Waals surface area (Å²) in [4.78, 5) is 36.3. The van der Waals surface area contributed by atoms with Gasteiger partial charge in [-0.2, -0.15) is 0 Å². The summed E-state index contributed by atoms with van der Waals surface area (Å²) in [5.41, 5.74) is 1.08. The number of amides is 2. The number of esters is 1. The molecule has 160 valence electrons. The Kier molecular flexibility index (Phi) is 8.34. The first kappa shape index (κ1) is 22.9. The molecule has 2 rings (SSSR count). The average molecular weight is 416 g/mol. The van der Waals surface area contributed by atoms with Crippen LogP contribution in [0.15, 0.2) is 48.5 Å². The third kappa shape index (κ3) is 6.88. The van der Waals surface area contributed by atoms with Gasteiger partial charge in [0.25, 0.3) is 11.8 Å². The maximum atomic E-state index is 13.0. The highest BCUT2D eigenvalue weighted by atomic mass is 19.1. The maximum Gasteiger partial charge on any atom is 0.326 e. The fourth-order valence-electron chi connectivity index (χ4n) is 2.58. The van der Waals surface area contributed by atoms with Crippen LogP contribution in [0.2, 0.25) is 0 Å². The zero-order chi connectivity index (χ0) is 22.1. The van der Waals surface area contributed by atoms with E-state index in [0.717, 1.165) is 0 Å². The number of benzene rings is 2. The topological polar surface area (TPSA) is 93.7 Å². The molecule has 0 fully saturated rings. The van der Waals surface area contributed by atoms with Gasteiger partial charge in [0.15, 0.2) is 6.10 Å². The van der Waals surface area contributed by atoms with Crippen molar-refractivity contribution in [2.75, 3.05) is 13.2 Å². The molecule has 8 heteroatoms. The third-order valence-electron chi connectivity index (χ3n) is 4.23. The van der Waals surface area contributed by atoms with E-state index in [-0.39, 0.29) is 12.4 Å². The minimum atomic E-state index is -1.05. The highest BCUT2D eigenvalue weighted by Gasteiger charge is 2.20. The lowest BCUT2D eigenvalue weighted by Crippen LogP contribution is -2.39. The number of rotatable bonds is 9. The van der Waals surface area contributed by atoms with Gasteiger partial charge in [-0.3, -0.25) is 14.4 Å². The predicted molar refractivity (Wildman–Crippen MR) is 108 cm³/mol. The Labute approximate surface area is 174 Å². The van der Waals surface area contributed by atoms with Crippen LogP contribution in [0.3, 0.4) is 0 Å². The molecular formula is C22H25FN2O5. The molecule has 2 aromatic carbocycles. The lowest BCUT2D eigenvalue weighted by Gasteiger charge is -2.18. The van der Waals surface area contributed by atoms with Crippen LogP contribution in [-0.2, 0) is 14.3 Å². The Bertz CT molecular complexity index is 868. The Morgan fingerprint density at radius 1 is 1.00 bits per heavy atom. The molecule has 0 aliphatic rings. The van der Waals surface area contributed by atoms with E-state index in [0.29, 0.717) is 23.5 Å². The molecular weight excluding hydrogens is 391 g/mol. The smallest absolute Gasteiger partial charge is 0.326 e. The van der Waals surface area contributed by atoms with Crippen LogP contribution in [0.1, 0.15) is 42.7 Å². The molecule has 0 aromatic heterocycles. The summed E-state index contributed by atoms with van der Waals surface area (Å²) in [5, 5.41) is 5.13.